The Morgan fingerprint density at radius 1 is 1.04 bits per heavy atom. The van der Waals surface area contributed by atoms with Gasteiger partial charge in [0.15, 0.2) is 0 Å². The van der Waals surface area contributed by atoms with Gasteiger partial charge in [0.2, 0.25) is 5.95 Å². The summed E-state index contributed by atoms with van der Waals surface area (Å²) in [6.45, 7) is 1.62. The van der Waals surface area contributed by atoms with Crippen molar-refractivity contribution in [1.29, 1.82) is 0 Å². The third-order valence-electron chi connectivity index (χ3n) is 4.06. The van der Waals surface area contributed by atoms with E-state index in [-0.39, 0.29) is 0 Å². The van der Waals surface area contributed by atoms with Gasteiger partial charge in [0.25, 0.3) is 0 Å². The van der Waals surface area contributed by atoms with E-state index in [1.165, 1.54) is 0 Å². The number of nitrogens with zero attached hydrogens (tertiary/aromatic N) is 3. The molecule has 0 spiro atoms. The molecule has 0 amide bonds. The van der Waals surface area contributed by atoms with Gasteiger partial charge in [-0.25, -0.2) is 4.98 Å². The van der Waals surface area contributed by atoms with Gasteiger partial charge in [-0.3, -0.25) is 0 Å². The molecular weight excluding hydrogens is 374 g/mol. The van der Waals surface area contributed by atoms with E-state index in [0.29, 0.717) is 22.5 Å². The molecule has 7 heteroatoms. The van der Waals surface area contributed by atoms with E-state index in [0.717, 1.165) is 30.0 Å². The number of benzene rings is 2. The number of hydrogen-bond donors (Lipinski definition) is 2. The van der Waals surface area contributed by atoms with Gasteiger partial charge in [-0.1, -0.05) is 41.9 Å². The largest absolute Gasteiger partial charge is 0.495 e. The van der Waals surface area contributed by atoms with Crippen LogP contribution in [0.1, 0.15) is 0 Å². The molecule has 0 unspecified atom stereocenters. The van der Waals surface area contributed by atoms with Crippen molar-refractivity contribution in [2.75, 3.05) is 44.9 Å². The van der Waals surface area contributed by atoms with Crippen molar-refractivity contribution < 1.29 is 4.74 Å². The van der Waals surface area contributed by atoms with Crippen LogP contribution in [0.5, 0.6) is 5.75 Å². The average Bonchev–Trinajstić information content (AvgIpc) is 2.68. The van der Waals surface area contributed by atoms with E-state index in [1.54, 1.807) is 13.2 Å². The minimum Gasteiger partial charge on any atom is -0.495 e. The van der Waals surface area contributed by atoms with E-state index >= 15 is 0 Å². The van der Waals surface area contributed by atoms with E-state index in [4.69, 9.17) is 16.3 Å². The number of halogens is 1. The fraction of sp³-hybridized carbons (Fsp3) is 0.238. The Balaban J connectivity index is 1.94. The summed E-state index contributed by atoms with van der Waals surface area (Å²) in [5.41, 5.74) is 2.58. The standard InChI is InChI=1S/C21H24ClN5O/c1-27(2)12-11-23-21-25-17(15-7-5-4-6-8-15)14-20(26-21)24-18-13-16(22)9-10-19(18)28-3/h4-10,13-14H,11-12H2,1-3H3,(H2,23,24,25,26). The van der Waals surface area contributed by atoms with Crippen molar-refractivity contribution in [3.63, 3.8) is 0 Å². The molecule has 28 heavy (non-hydrogen) atoms. The van der Waals surface area contributed by atoms with Gasteiger partial charge in [-0.2, -0.15) is 4.98 Å². The lowest BCUT2D eigenvalue weighted by Crippen LogP contribution is -2.21. The summed E-state index contributed by atoms with van der Waals surface area (Å²) in [5, 5.41) is 7.21. The summed E-state index contributed by atoms with van der Waals surface area (Å²) in [6.07, 6.45) is 0. The second-order valence-electron chi connectivity index (χ2n) is 6.53. The van der Waals surface area contributed by atoms with Gasteiger partial charge in [-0.15, -0.1) is 0 Å². The molecule has 146 valence electrons. The fourth-order valence-corrected chi connectivity index (χ4v) is 2.83. The van der Waals surface area contributed by atoms with Crippen LogP contribution < -0.4 is 15.4 Å². The molecular formula is C21H24ClN5O. The van der Waals surface area contributed by atoms with Gasteiger partial charge in [0.1, 0.15) is 11.6 Å². The van der Waals surface area contributed by atoms with E-state index < -0.39 is 0 Å². The first-order valence-electron chi connectivity index (χ1n) is 8.99. The van der Waals surface area contributed by atoms with Crippen molar-refractivity contribution in [2.24, 2.45) is 0 Å². The highest BCUT2D eigenvalue weighted by Gasteiger charge is 2.10. The van der Waals surface area contributed by atoms with Crippen LogP contribution in [0.4, 0.5) is 17.5 Å². The van der Waals surface area contributed by atoms with Crippen LogP contribution in [0, 0.1) is 0 Å². The topological polar surface area (TPSA) is 62.3 Å². The number of likely N-dealkylation sites (N-methyl/N-ethyl adjacent to an activating group) is 1. The second kappa shape index (κ2) is 9.39. The van der Waals surface area contributed by atoms with Gasteiger partial charge >= 0.3 is 0 Å². The highest BCUT2D eigenvalue weighted by atomic mass is 35.5. The Morgan fingerprint density at radius 2 is 1.82 bits per heavy atom. The second-order valence-corrected chi connectivity index (χ2v) is 6.96. The van der Waals surface area contributed by atoms with Crippen molar-refractivity contribution in [2.45, 2.75) is 0 Å². The molecule has 0 bridgehead atoms. The normalized spacial score (nSPS) is 10.8. The average molecular weight is 398 g/mol. The highest BCUT2D eigenvalue weighted by molar-refractivity contribution is 6.31. The van der Waals surface area contributed by atoms with Crippen LogP contribution in [0.15, 0.2) is 54.6 Å². The van der Waals surface area contributed by atoms with Crippen LogP contribution in [0.2, 0.25) is 5.02 Å². The molecule has 3 aromatic rings. The van der Waals surface area contributed by atoms with Crippen molar-refractivity contribution in [1.82, 2.24) is 14.9 Å². The fourth-order valence-electron chi connectivity index (χ4n) is 2.65. The summed E-state index contributed by atoms with van der Waals surface area (Å²) < 4.78 is 5.42. The summed E-state index contributed by atoms with van der Waals surface area (Å²) in [4.78, 5) is 11.4. The van der Waals surface area contributed by atoms with Gasteiger partial charge in [0, 0.05) is 29.7 Å². The van der Waals surface area contributed by atoms with Crippen molar-refractivity contribution in [3.05, 3.63) is 59.6 Å². The highest BCUT2D eigenvalue weighted by Crippen LogP contribution is 2.31. The van der Waals surface area contributed by atoms with E-state index in [1.807, 2.05) is 62.6 Å². The number of aromatic nitrogens is 2. The lowest BCUT2D eigenvalue weighted by atomic mass is 10.1. The van der Waals surface area contributed by atoms with Crippen LogP contribution in [-0.4, -0.2) is 49.2 Å². The molecule has 1 aromatic heterocycles. The zero-order chi connectivity index (χ0) is 19.9. The first kappa shape index (κ1) is 19.9. The Kier molecular flexibility index (Phi) is 6.68. The Hall–Kier alpha value is -2.83. The SMILES string of the molecule is COc1ccc(Cl)cc1Nc1cc(-c2ccccc2)nc(NCCN(C)C)n1. The molecule has 1 heterocycles. The minimum atomic E-state index is 0.562. The maximum absolute atomic E-state index is 6.15. The monoisotopic (exact) mass is 397 g/mol. The summed E-state index contributed by atoms with van der Waals surface area (Å²) in [7, 11) is 5.68. The first-order valence-corrected chi connectivity index (χ1v) is 9.36. The van der Waals surface area contributed by atoms with E-state index in [2.05, 4.69) is 25.5 Å². The van der Waals surface area contributed by atoms with E-state index in [9.17, 15) is 0 Å². The zero-order valence-corrected chi connectivity index (χ0v) is 17.0. The molecule has 2 N–H and O–H groups in total. The smallest absolute Gasteiger partial charge is 0.225 e. The van der Waals surface area contributed by atoms with Gasteiger partial charge < -0.3 is 20.3 Å². The number of nitrogens with one attached hydrogen (secondary N) is 2. The minimum absolute atomic E-state index is 0.562. The quantitative estimate of drug-likeness (QED) is 0.582. The Bertz CT molecular complexity index is 918. The molecule has 0 atom stereocenters. The molecule has 0 aliphatic rings. The summed E-state index contributed by atoms with van der Waals surface area (Å²) in [6, 6.07) is 17.3. The predicted octanol–water partition coefficient (Wildman–Crippen LogP) is 4.52. The molecule has 0 fully saturated rings. The van der Waals surface area contributed by atoms with Gasteiger partial charge in [-0.05, 0) is 32.3 Å². The third-order valence-corrected chi connectivity index (χ3v) is 4.30. The molecule has 6 nitrogen and oxygen atoms in total. The molecule has 0 aliphatic heterocycles. The number of methoxy groups -OCH3 is 1. The third kappa shape index (κ3) is 5.34. The maximum Gasteiger partial charge on any atom is 0.225 e. The number of rotatable bonds is 8. The summed E-state index contributed by atoms with van der Waals surface area (Å²) in [5.74, 6) is 1.90. The number of anilines is 3. The van der Waals surface area contributed by atoms with Crippen LogP contribution >= 0.6 is 11.6 Å². The number of ether oxygens (including phenoxy) is 1. The lowest BCUT2D eigenvalue weighted by Gasteiger charge is -2.14. The Morgan fingerprint density at radius 3 is 2.54 bits per heavy atom. The molecule has 0 saturated heterocycles. The Labute approximate surface area is 170 Å². The first-order chi connectivity index (χ1) is 13.5. The summed E-state index contributed by atoms with van der Waals surface area (Å²) >= 11 is 6.15. The molecule has 0 saturated carbocycles. The lowest BCUT2D eigenvalue weighted by molar-refractivity contribution is 0.417. The van der Waals surface area contributed by atoms with Crippen molar-refractivity contribution in [3.8, 4) is 17.0 Å². The zero-order valence-electron chi connectivity index (χ0n) is 16.2. The van der Waals surface area contributed by atoms with Crippen LogP contribution in [0.25, 0.3) is 11.3 Å². The predicted molar refractivity (Wildman–Crippen MR) is 116 cm³/mol. The molecule has 2 aromatic carbocycles. The molecule has 0 aliphatic carbocycles. The van der Waals surface area contributed by atoms with Gasteiger partial charge in [0.05, 0.1) is 18.5 Å². The molecule has 3 rings (SSSR count). The van der Waals surface area contributed by atoms with Crippen LogP contribution in [-0.2, 0) is 0 Å². The van der Waals surface area contributed by atoms with Crippen LogP contribution in [0.3, 0.4) is 0 Å². The number of hydrogen-bond acceptors (Lipinski definition) is 6. The van der Waals surface area contributed by atoms with Crippen molar-refractivity contribution >= 4 is 29.1 Å². The maximum atomic E-state index is 6.15. The molecule has 0 radical (unpaired) electrons.